The summed E-state index contributed by atoms with van der Waals surface area (Å²) >= 11 is 0. The SMILES string of the molecule is Cc1ccc(C(=O)N2CC(=O)N(C)c3ccccc32)o1. The lowest BCUT2D eigenvalue weighted by molar-refractivity contribution is -0.117. The molecule has 3 rings (SSSR count). The van der Waals surface area contributed by atoms with Gasteiger partial charge >= 0.3 is 0 Å². The van der Waals surface area contributed by atoms with Crippen LogP contribution in [0.5, 0.6) is 0 Å². The van der Waals surface area contributed by atoms with Crippen molar-refractivity contribution in [3.8, 4) is 0 Å². The van der Waals surface area contributed by atoms with Crippen LogP contribution in [0.1, 0.15) is 16.3 Å². The second-order valence-electron chi connectivity index (χ2n) is 4.74. The van der Waals surface area contributed by atoms with Crippen molar-refractivity contribution >= 4 is 23.2 Å². The molecular weight excluding hydrogens is 256 g/mol. The smallest absolute Gasteiger partial charge is 0.294 e. The Balaban J connectivity index is 2.04. The van der Waals surface area contributed by atoms with E-state index in [9.17, 15) is 9.59 Å². The Morgan fingerprint density at radius 3 is 2.50 bits per heavy atom. The second kappa shape index (κ2) is 4.52. The predicted octanol–water partition coefficient (Wildman–Crippen LogP) is 2.21. The van der Waals surface area contributed by atoms with Gasteiger partial charge in [-0.2, -0.15) is 0 Å². The van der Waals surface area contributed by atoms with Crippen LogP contribution in [0.15, 0.2) is 40.8 Å². The van der Waals surface area contributed by atoms with Crippen LogP contribution in [0.2, 0.25) is 0 Å². The highest BCUT2D eigenvalue weighted by Crippen LogP contribution is 2.33. The number of anilines is 2. The zero-order chi connectivity index (χ0) is 14.3. The number of fused-ring (bicyclic) bond motifs is 1. The zero-order valence-electron chi connectivity index (χ0n) is 11.3. The number of amides is 2. The fourth-order valence-corrected chi connectivity index (χ4v) is 2.30. The molecule has 20 heavy (non-hydrogen) atoms. The van der Waals surface area contributed by atoms with E-state index in [0.717, 1.165) is 5.69 Å². The number of nitrogens with zero attached hydrogens (tertiary/aromatic N) is 2. The second-order valence-corrected chi connectivity index (χ2v) is 4.74. The maximum absolute atomic E-state index is 12.5. The van der Waals surface area contributed by atoms with E-state index in [1.54, 1.807) is 31.0 Å². The highest BCUT2D eigenvalue weighted by molar-refractivity contribution is 6.14. The van der Waals surface area contributed by atoms with Crippen molar-refractivity contribution in [1.82, 2.24) is 0 Å². The van der Waals surface area contributed by atoms with Gasteiger partial charge in [-0.3, -0.25) is 14.5 Å². The molecule has 1 aliphatic rings. The Morgan fingerprint density at radius 2 is 1.85 bits per heavy atom. The molecule has 0 saturated carbocycles. The van der Waals surface area contributed by atoms with Crippen molar-refractivity contribution in [2.45, 2.75) is 6.92 Å². The van der Waals surface area contributed by atoms with Gasteiger partial charge in [0, 0.05) is 7.05 Å². The van der Waals surface area contributed by atoms with Gasteiger partial charge in [0.25, 0.3) is 5.91 Å². The van der Waals surface area contributed by atoms with E-state index in [-0.39, 0.29) is 24.1 Å². The summed E-state index contributed by atoms with van der Waals surface area (Å²) in [7, 11) is 1.71. The molecule has 0 unspecified atom stereocenters. The largest absolute Gasteiger partial charge is 0.456 e. The van der Waals surface area contributed by atoms with Gasteiger partial charge in [-0.05, 0) is 31.2 Å². The van der Waals surface area contributed by atoms with E-state index in [1.165, 1.54) is 4.90 Å². The van der Waals surface area contributed by atoms with Crippen molar-refractivity contribution < 1.29 is 14.0 Å². The quantitative estimate of drug-likeness (QED) is 0.798. The van der Waals surface area contributed by atoms with Crippen LogP contribution in [0.25, 0.3) is 0 Å². The van der Waals surface area contributed by atoms with E-state index < -0.39 is 0 Å². The molecule has 102 valence electrons. The molecule has 2 amide bonds. The minimum atomic E-state index is -0.299. The third-order valence-corrected chi connectivity index (χ3v) is 3.40. The predicted molar refractivity (Wildman–Crippen MR) is 75.0 cm³/mol. The molecule has 5 heteroatoms. The van der Waals surface area contributed by atoms with Gasteiger partial charge in [0.05, 0.1) is 11.4 Å². The van der Waals surface area contributed by atoms with Gasteiger partial charge in [-0.25, -0.2) is 0 Å². The molecule has 0 saturated heterocycles. The van der Waals surface area contributed by atoms with Crippen LogP contribution < -0.4 is 9.80 Å². The Morgan fingerprint density at radius 1 is 1.15 bits per heavy atom. The number of carbonyl (C=O) groups is 2. The molecule has 0 radical (unpaired) electrons. The molecule has 0 aliphatic carbocycles. The molecular formula is C15H14N2O3. The number of benzene rings is 1. The third-order valence-electron chi connectivity index (χ3n) is 3.40. The Labute approximate surface area is 116 Å². The van der Waals surface area contributed by atoms with Crippen LogP contribution in [0.3, 0.4) is 0 Å². The lowest BCUT2D eigenvalue weighted by Crippen LogP contribution is -2.46. The minimum Gasteiger partial charge on any atom is -0.456 e. The maximum Gasteiger partial charge on any atom is 0.294 e. The Kier molecular flexibility index (Phi) is 2.82. The average molecular weight is 270 g/mol. The fourth-order valence-electron chi connectivity index (χ4n) is 2.30. The lowest BCUT2D eigenvalue weighted by atomic mass is 10.1. The van der Waals surface area contributed by atoms with E-state index in [4.69, 9.17) is 4.42 Å². The van der Waals surface area contributed by atoms with E-state index in [2.05, 4.69) is 0 Å². The summed E-state index contributed by atoms with van der Waals surface area (Å²) in [5.74, 6) is 0.490. The monoisotopic (exact) mass is 270 g/mol. The van der Waals surface area contributed by atoms with Crippen molar-refractivity contribution in [3.63, 3.8) is 0 Å². The molecule has 2 aromatic rings. The fraction of sp³-hybridized carbons (Fsp3) is 0.200. The van der Waals surface area contributed by atoms with Gasteiger partial charge in [0.2, 0.25) is 5.91 Å². The van der Waals surface area contributed by atoms with Gasteiger partial charge < -0.3 is 9.32 Å². The third kappa shape index (κ3) is 1.87. The molecule has 0 N–H and O–H groups in total. The van der Waals surface area contributed by atoms with Crippen LogP contribution in [-0.4, -0.2) is 25.4 Å². The molecule has 1 aliphatic heterocycles. The van der Waals surface area contributed by atoms with Crippen LogP contribution >= 0.6 is 0 Å². The first-order chi connectivity index (χ1) is 9.58. The molecule has 0 atom stereocenters. The van der Waals surface area contributed by atoms with Gasteiger partial charge in [-0.15, -0.1) is 0 Å². The lowest BCUT2D eigenvalue weighted by Gasteiger charge is -2.33. The maximum atomic E-state index is 12.5. The molecule has 5 nitrogen and oxygen atoms in total. The number of aryl methyl sites for hydroxylation is 1. The van der Waals surface area contributed by atoms with E-state index in [1.807, 2.05) is 24.3 Å². The number of hydrogen-bond acceptors (Lipinski definition) is 3. The van der Waals surface area contributed by atoms with Crippen molar-refractivity contribution in [2.75, 3.05) is 23.4 Å². The van der Waals surface area contributed by atoms with Crippen LogP contribution in [0, 0.1) is 6.92 Å². The number of para-hydroxylation sites is 2. The summed E-state index contributed by atoms with van der Waals surface area (Å²) in [6.45, 7) is 1.80. The van der Waals surface area contributed by atoms with E-state index >= 15 is 0 Å². The Bertz CT molecular complexity index is 690. The van der Waals surface area contributed by atoms with Crippen molar-refractivity contribution in [3.05, 3.63) is 47.9 Å². The standard InChI is InChI=1S/C15H14N2O3/c1-10-7-8-13(20-10)15(19)17-9-14(18)16(2)11-5-3-4-6-12(11)17/h3-8H,9H2,1-2H3. The normalized spacial score (nSPS) is 14.4. The van der Waals surface area contributed by atoms with Crippen molar-refractivity contribution in [1.29, 1.82) is 0 Å². The summed E-state index contributed by atoms with van der Waals surface area (Å²) in [4.78, 5) is 27.5. The first kappa shape index (κ1) is 12.5. The van der Waals surface area contributed by atoms with Crippen LogP contribution in [-0.2, 0) is 4.79 Å². The summed E-state index contributed by atoms with van der Waals surface area (Å²) in [6.07, 6.45) is 0. The first-order valence-corrected chi connectivity index (χ1v) is 6.32. The van der Waals surface area contributed by atoms with Gasteiger partial charge in [-0.1, -0.05) is 12.1 Å². The number of furan rings is 1. The first-order valence-electron chi connectivity index (χ1n) is 6.32. The average Bonchev–Trinajstić information content (AvgIpc) is 2.89. The van der Waals surface area contributed by atoms with Gasteiger partial charge in [0.15, 0.2) is 5.76 Å². The van der Waals surface area contributed by atoms with Crippen LogP contribution in [0.4, 0.5) is 11.4 Å². The molecule has 0 bridgehead atoms. The molecule has 0 spiro atoms. The molecule has 1 aromatic heterocycles. The highest BCUT2D eigenvalue weighted by Gasteiger charge is 2.31. The topological polar surface area (TPSA) is 53.8 Å². The molecule has 0 fully saturated rings. The number of rotatable bonds is 1. The highest BCUT2D eigenvalue weighted by atomic mass is 16.3. The van der Waals surface area contributed by atoms with Gasteiger partial charge in [0.1, 0.15) is 12.3 Å². The number of hydrogen-bond donors (Lipinski definition) is 0. The van der Waals surface area contributed by atoms with E-state index in [0.29, 0.717) is 11.4 Å². The summed E-state index contributed by atoms with van der Waals surface area (Å²) in [6, 6.07) is 10.7. The van der Waals surface area contributed by atoms with Crippen molar-refractivity contribution in [2.24, 2.45) is 0 Å². The number of carbonyl (C=O) groups excluding carboxylic acids is 2. The Hall–Kier alpha value is -2.56. The minimum absolute atomic E-state index is 0.0199. The molecule has 1 aromatic carbocycles. The number of likely N-dealkylation sites (N-methyl/N-ethyl adjacent to an activating group) is 1. The summed E-state index contributed by atoms with van der Waals surface area (Å²) in [5.41, 5.74) is 1.44. The summed E-state index contributed by atoms with van der Waals surface area (Å²) in [5, 5.41) is 0. The summed E-state index contributed by atoms with van der Waals surface area (Å²) < 4.78 is 5.36. The molecule has 2 heterocycles. The zero-order valence-corrected chi connectivity index (χ0v) is 11.3.